The summed E-state index contributed by atoms with van der Waals surface area (Å²) in [6.45, 7) is 9.82. The fourth-order valence-corrected chi connectivity index (χ4v) is 3.47. The molecule has 1 fully saturated rings. The maximum absolute atomic E-state index is 4.66. The van der Waals surface area contributed by atoms with Crippen LogP contribution in [0, 0.1) is 6.92 Å². The first-order valence-electron chi connectivity index (χ1n) is 10.1. The zero-order valence-electron chi connectivity index (χ0n) is 17.2. The minimum Gasteiger partial charge on any atom is -0.353 e. The summed E-state index contributed by atoms with van der Waals surface area (Å²) in [4.78, 5) is 22.4. The number of hydrogen-bond donors (Lipinski definition) is 1. The Morgan fingerprint density at radius 1 is 0.897 bits per heavy atom. The van der Waals surface area contributed by atoms with Gasteiger partial charge in [0.15, 0.2) is 0 Å². The zero-order chi connectivity index (χ0) is 20.2. The molecule has 1 saturated heterocycles. The second-order valence-electron chi connectivity index (χ2n) is 7.58. The van der Waals surface area contributed by atoms with Crippen molar-refractivity contribution >= 4 is 23.3 Å². The van der Waals surface area contributed by atoms with Gasteiger partial charge in [0.2, 0.25) is 5.95 Å². The number of aromatic nitrogens is 4. The van der Waals surface area contributed by atoms with E-state index in [4.69, 9.17) is 0 Å². The lowest BCUT2D eigenvalue weighted by Crippen LogP contribution is -2.47. The minimum atomic E-state index is 0.525. The van der Waals surface area contributed by atoms with Crippen molar-refractivity contribution in [2.75, 3.05) is 41.3 Å². The Hall–Kier alpha value is -3.22. The van der Waals surface area contributed by atoms with Gasteiger partial charge in [0.05, 0.1) is 0 Å². The predicted octanol–water partition coefficient (Wildman–Crippen LogP) is 3.77. The van der Waals surface area contributed by atoms with Gasteiger partial charge in [-0.25, -0.2) is 19.9 Å². The molecule has 0 unspecified atom stereocenters. The fourth-order valence-electron chi connectivity index (χ4n) is 3.47. The highest BCUT2D eigenvalue weighted by Crippen LogP contribution is 2.23. The lowest BCUT2D eigenvalue weighted by Gasteiger charge is -2.35. The molecule has 29 heavy (non-hydrogen) atoms. The van der Waals surface area contributed by atoms with Crippen molar-refractivity contribution in [3.8, 4) is 0 Å². The minimum absolute atomic E-state index is 0.525. The van der Waals surface area contributed by atoms with Gasteiger partial charge in [0.25, 0.3) is 0 Å². The molecule has 150 valence electrons. The van der Waals surface area contributed by atoms with Crippen LogP contribution in [-0.4, -0.2) is 46.1 Å². The number of rotatable bonds is 5. The largest absolute Gasteiger partial charge is 0.353 e. The number of aryl methyl sites for hydroxylation is 1. The summed E-state index contributed by atoms with van der Waals surface area (Å²) >= 11 is 0. The summed E-state index contributed by atoms with van der Waals surface area (Å²) in [5, 5.41) is 3.42. The first-order valence-corrected chi connectivity index (χ1v) is 10.1. The lowest BCUT2D eigenvalue weighted by molar-refractivity contribution is 0.633. The normalized spacial score (nSPS) is 14.3. The van der Waals surface area contributed by atoms with E-state index < -0.39 is 0 Å². The topological polar surface area (TPSA) is 70.1 Å². The van der Waals surface area contributed by atoms with Gasteiger partial charge in [0, 0.05) is 50.3 Å². The van der Waals surface area contributed by atoms with E-state index in [1.165, 1.54) is 5.56 Å². The molecule has 0 aliphatic carbocycles. The number of hydrogen-bond acceptors (Lipinski definition) is 7. The van der Waals surface area contributed by atoms with Crippen molar-refractivity contribution in [3.05, 3.63) is 60.2 Å². The summed E-state index contributed by atoms with van der Waals surface area (Å²) in [5.41, 5.74) is 2.36. The molecule has 0 bridgehead atoms. The Bertz CT molecular complexity index is 933. The van der Waals surface area contributed by atoms with Crippen molar-refractivity contribution in [2.24, 2.45) is 0 Å². The Labute approximate surface area is 171 Å². The summed E-state index contributed by atoms with van der Waals surface area (Å²) in [5.74, 6) is 3.85. The molecule has 1 aromatic carbocycles. The Morgan fingerprint density at radius 2 is 1.55 bits per heavy atom. The van der Waals surface area contributed by atoms with Crippen molar-refractivity contribution in [1.29, 1.82) is 0 Å². The van der Waals surface area contributed by atoms with Crippen LogP contribution < -0.4 is 15.1 Å². The number of benzene rings is 1. The first kappa shape index (κ1) is 19.1. The van der Waals surface area contributed by atoms with Gasteiger partial charge in [-0.15, -0.1) is 0 Å². The van der Waals surface area contributed by atoms with Crippen molar-refractivity contribution in [2.45, 2.75) is 26.7 Å². The molecular formula is C22H27N7. The second kappa shape index (κ2) is 8.43. The molecule has 1 aliphatic rings. The predicted molar refractivity (Wildman–Crippen MR) is 117 cm³/mol. The summed E-state index contributed by atoms with van der Waals surface area (Å²) in [6, 6.07) is 12.4. The van der Waals surface area contributed by atoms with Gasteiger partial charge in [-0.2, -0.15) is 0 Å². The van der Waals surface area contributed by atoms with E-state index in [1.54, 1.807) is 12.4 Å². The molecule has 7 heteroatoms. The molecule has 1 aliphatic heterocycles. The maximum atomic E-state index is 4.66. The third-order valence-corrected chi connectivity index (χ3v) is 5.11. The van der Waals surface area contributed by atoms with Crippen LogP contribution in [0.3, 0.4) is 0 Å². The van der Waals surface area contributed by atoms with Gasteiger partial charge in [0.1, 0.15) is 17.5 Å². The van der Waals surface area contributed by atoms with Crippen LogP contribution in [0.15, 0.2) is 48.8 Å². The van der Waals surface area contributed by atoms with Gasteiger partial charge < -0.3 is 15.1 Å². The SMILES string of the molecule is Cc1nc(Nc2ccc(C(C)C)cc2)cc(N2CCN(c3ncccn3)CC2)n1. The summed E-state index contributed by atoms with van der Waals surface area (Å²) in [7, 11) is 0. The van der Waals surface area contributed by atoms with E-state index in [0.29, 0.717) is 5.92 Å². The van der Waals surface area contributed by atoms with E-state index >= 15 is 0 Å². The lowest BCUT2D eigenvalue weighted by atomic mass is 10.0. The molecular weight excluding hydrogens is 362 g/mol. The maximum Gasteiger partial charge on any atom is 0.225 e. The second-order valence-corrected chi connectivity index (χ2v) is 7.58. The number of nitrogens with zero attached hydrogens (tertiary/aromatic N) is 6. The van der Waals surface area contributed by atoms with Gasteiger partial charge in [-0.3, -0.25) is 0 Å². The zero-order valence-corrected chi connectivity index (χ0v) is 17.2. The van der Waals surface area contributed by atoms with Gasteiger partial charge in [-0.05, 0) is 36.6 Å². The van der Waals surface area contributed by atoms with Gasteiger partial charge in [-0.1, -0.05) is 26.0 Å². The third kappa shape index (κ3) is 4.62. The van der Waals surface area contributed by atoms with E-state index in [0.717, 1.165) is 55.3 Å². The van der Waals surface area contributed by atoms with E-state index in [-0.39, 0.29) is 0 Å². The summed E-state index contributed by atoms with van der Waals surface area (Å²) < 4.78 is 0. The highest BCUT2D eigenvalue weighted by atomic mass is 15.3. The van der Waals surface area contributed by atoms with Crippen molar-refractivity contribution < 1.29 is 0 Å². The summed E-state index contributed by atoms with van der Waals surface area (Å²) in [6.07, 6.45) is 3.57. The monoisotopic (exact) mass is 389 g/mol. The first-order chi connectivity index (χ1) is 14.1. The van der Waals surface area contributed by atoms with Crippen LogP contribution in [0.5, 0.6) is 0 Å². The third-order valence-electron chi connectivity index (χ3n) is 5.11. The average Bonchev–Trinajstić information content (AvgIpc) is 2.74. The van der Waals surface area contributed by atoms with Crippen LogP contribution in [0.4, 0.5) is 23.3 Å². The van der Waals surface area contributed by atoms with E-state index in [2.05, 4.69) is 73.2 Å². The molecule has 0 radical (unpaired) electrons. The highest BCUT2D eigenvalue weighted by molar-refractivity contribution is 5.60. The smallest absolute Gasteiger partial charge is 0.225 e. The molecule has 0 atom stereocenters. The van der Waals surface area contributed by atoms with Crippen LogP contribution in [0.1, 0.15) is 31.2 Å². The molecule has 0 spiro atoms. The molecule has 1 N–H and O–H groups in total. The van der Waals surface area contributed by atoms with Crippen LogP contribution in [0.2, 0.25) is 0 Å². The van der Waals surface area contributed by atoms with E-state index in [9.17, 15) is 0 Å². The van der Waals surface area contributed by atoms with Gasteiger partial charge >= 0.3 is 0 Å². The van der Waals surface area contributed by atoms with Crippen molar-refractivity contribution in [1.82, 2.24) is 19.9 Å². The quantitative estimate of drug-likeness (QED) is 0.712. The Balaban J connectivity index is 1.44. The average molecular weight is 390 g/mol. The molecule has 2 aromatic heterocycles. The number of nitrogens with one attached hydrogen (secondary N) is 1. The van der Waals surface area contributed by atoms with Crippen LogP contribution in [0.25, 0.3) is 0 Å². The van der Waals surface area contributed by atoms with E-state index in [1.807, 2.05) is 19.1 Å². The molecule has 7 nitrogen and oxygen atoms in total. The molecule has 0 saturated carbocycles. The number of anilines is 4. The molecule has 0 amide bonds. The van der Waals surface area contributed by atoms with Crippen LogP contribution >= 0.6 is 0 Å². The number of piperazine rings is 1. The van der Waals surface area contributed by atoms with Crippen LogP contribution in [-0.2, 0) is 0 Å². The Kier molecular flexibility index (Phi) is 5.55. The molecule has 3 heterocycles. The highest BCUT2D eigenvalue weighted by Gasteiger charge is 2.20. The molecule has 4 rings (SSSR count). The molecule has 3 aromatic rings. The fraction of sp³-hybridized carbons (Fsp3) is 0.364. The van der Waals surface area contributed by atoms with Crippen molar-refractivity contribution in [3.63, 3.8) is 0 Å². The Morgan fingerprint density at radius 3 is 2.21 bits per heavy atom. The standard InChI is InChI=1S/C22H27N7/c1-16(2)18-5-7-19(8-6-18)27-20-15-21(26-17(3)25-20)28-11-13-29(14-12-28)22-23-9-4-10-24-22/h4-10,15-16H,11-14H2,1-3H3,(H,25,26,27).